The maximum Gasteiger partial charge on any atom is 0.0989 e. The first-order chi connectivity index (χ1) is 5.25. The van der Waals surface area contributed by atoms with Crippen LogP contribution < -0.4 is 0 Å². The maximum atomic E-state index is 5.65. The lowest BCUT2D eigenvalue weighted by molar-refractivity contribution is 0.0797. The highest BCUT2D eigenvalue weighted by atomic mass is 16.5. The molecule has 2 heteroatoms. The van der Waals surface area contributed by atoms with Crippen LogP contribution in [0, 0.1) is 0 Å². The number of fused-ring (bicyclic) bond motifs is 1. The minimum Gasteiger partial charge on any atom is -0.369 e. The van der Waals surface area contributed by atoms with E-state index in [-0.39, 0.29) is 6.10 Å². The molecular weight excluding hydrogens is 138 g/mol. The molecule has 0 aliphatic carbocycles. The fraction of sp³-hybridized carbons (Fsp3) is 0.667. The third-order valence-electron chi connectivity index (χ3n) is 2.24. The summed E-state index contributed by atoms with van der Waals surface area (Å²) in [6.07, 6.45) is 5.83. The molecule has 3 atom stereocenters. The first kappa shape index (κ1) is 7.04. The number of rotatable bonds is 0. The summed E-state index contributed by atoms with van der Waals surface area (Å²) in [7, 11) is 0. The van der Waals surface area contributed by atoms with Crippen molar-refractivity contribution >= 4 is 6.21 Å². The molecule has 1 saturated heterocycles. The lowest BCUT2D eigenvalue weighted by Gasteiger charge is -2.14. The fourth-order valence-electron chi connectivity index (χ4n) is 1.70. The molecule has 1 fully saturated rings. The highest BCUT2D eigenvalue weighted by Gasteiger charge is 2.32. The Balaban J connectivity index is 2.17. The molecule has 0 aromatic rings. The van der Waals surface area contributed by atoms with Crippen molar-refractivity contribution in [1.29, 1.82) is 0 Å². The van der Waals surface area contributed by atoms with Crippen LogP contribution >= 0.6 is 0 Å². The summed E-state index contributed by atoms with van der Waals surface area (Å²) in [6, 6.07) is 0.397. The molecule has 3 unspecified atom stereocenters. The topological polar surface area (TPSA) is 21.6 Å². The number of hydrogen-bond acceptors (Lipinski definition) is 2. The number of ether oxygens (including phenoxy) is 1. The Morgan fingerprint density at radius 1 is 1.64 bits per heavy atom. The van der Waals surface area contributed by atoms with Crippen LogP contribution in [-0.4, -0.2) is 24.5 Å². The van der Waals surface area contributed by atoms with Crippen molar-refractivity contribution in [1.82, 2.24) is 0 Å². The quantitative estimate of drug-likeness (QED) is 0.515. The zero-order valence-electron chi connectivity index (χ0n) is 6.95. The van der Waals surface area contributed by atoms with Crippen LogP contribution in [0.25, 0.3) is 0 Å². The van der Waals surface area contributed by atoms with Crippen molar-refractivity contribution in [3.05, 3.63) is 11.6 Å². The smallest absolute Gasteiger partial charge is 0.0989 e. The summed E-state index contributed by atoms with van der Waals surface area (Å²) in [5, 5.41) is 0. The minimum absolute atomic E-state index is 0.259. The molecule has 60 valence electrons. The van der Waals surface area contributed by atoms with Gasteiger partial charge in [-0.15, -0.1) is 0 Å². The van der Waals surface area contributed by atoms with Crippen molar-refractivity contribution in [3.8, 4) is 0 Å². The molecule has 0 radical (unpaired) electrons. The monoisotopic (exact) mass is 151 g/mol. The van der Waals surface area contributed by atoms with E-state index in [9.17, 15) is 0 Å². The summed E-state index contributed by atoms with van der Waals surface area (Å²) in [4.78, 5) is 4.40. The standard InChI is InChI=1S/C9H13NO/c1-6-3-9-8(10-5-6)4-7(2)11-9/h3,5,7-9H,4H2,1-2H3. The van der Waals surface area contributed by atoms with Gasteiger partial charge < -0.3 is 4.74 Å². The van der Waals surface area contributed by atoms with Gasteiger partial charge in [-0.25, -0.2) is 0 Å². The molecule has 0 saturated carbocycles. The molecule has 2 heterocycles. The van der Waals surface area contributed by atoms with Crippen molar-refractivity contribution in [3.63, 3.8) is 0 Å². The summed E-state index contributed by atoms with van der Waals surface area (Å²) in [5.41, 5.74) is 1.22. The lowest BCUT2D eigenvalue weighted by Crippen LogP contribution is -2.20. The van der Waals surface area contributed by atoms with E-state index in [1.165, 1.54) is 5.57 Å². The highest BCUT2D eigenvalue weighted by molar-refractivity contribution is 5.79. The van der Waals surface area contributed by atoms with Crippen LogP contribution in [0.5, 0.6) is 0 Å². The van der Waals surface area contributed by atoms with Gasteiger partial charge in [0.05, 0.1) is 18.2 Å². The maximum absolute atomic E-state index is 5.65. The second-order valence-corrected chi connectivity index (χ2v) is 3.40. The second-order valence-electron chi connectivity index (χ2n) is 3.40. The Bertz CT molecular complexity index is 220. The summed E-state index contributed by atoms with van der Waals surface area (Å²) < 4.78 is 5.65. The van der Waals surface area contributed by atoms with Crippen LogP contribution in [0.3, 0.4) is 0 Å². The Hall–Kier alpha value is -0.630. The van der Waals surface area contributed by atoms with Crippen LogP contribution in [-0.2, 0) is 4.74 Å². The Kier molecular flexibility index (Phi) is 1.57. The Morgan fingerprint density at radius 3 is 3.27 bits per heavy atom. The SMILES string of the molecule is CC1=CC2OC(C)CC2N=C1. The molecule has 2 rings (SSSR count). The molecule has 0 N–H and O–H groups in total. The van der Waals surface area contributed by atoms with Gasteiger partial charge in [0.2, 0.25) is 0 Å². The van der Waals surface area contributed by atoms with E-state index in [0.717, 1.165) is 6.42 Å². The van der Waals surface area contributed by atoms with E-state index in [0.29, 0.717) is 12.1 Å². The van der Waals surface area contributed by atoms with E-state index < -0.39 is 0 Å². The van der Waals surface area contributed by atoms with E-state index in [1.54, 1.807) is 0 Å². The van der Waals surface area contributed by atoms with Gasteiger partial charge in [0, 0.05) is 6.21 Å². The highest BCUT2D eigenvalue weighted by Crippen LogP contribution is 2.26. The van der Waals surface area contributed by atoms with Gasteiger partial charge in [0.25, 0.3) is 0 Å². The average Bonchev–Trinajstić information content (AvgIpc) is 2.27. The molecular formula is C9H13NO. The third-order valence-corrected chi connectivity index (χ3v) is 2.24. The van der Waals surface area contributed by atoms with Gasteiger partial charge in [0.1, 0.15) is 0 Å². The van der Waals surface area contributed by atoms with Gasteiger partial charge in [-0.05, 0) is 31.9 Å². The number of nitrogens with zero attached hydrogens (tertiary/aromatic N) is 1. The largest absolute Gasteiger partial charge is 0.369 e. The van der Waals surface area contributed by atoms with Gasteiger partial charge in [-0.1, -0.05) is 0 Å². The zero-order chi connectivity index (χ0) is 7.84. The van der Waals surface area contributed by atoms with Gasteiger partial charge in [0.15, 0.2) is 0 Å². The van der Waals surface area contributed by atoms with Crippen LogP contribution in [0.2, 0.25) is 0 Å². The molecule has 11 heavy (non-hydrogen) atoms. The van der Waals surface area contributed by atoms with Crippen molar-refractivity contribution in [2.75, 3.05) is 0 Å². The summed E-state index contributed by atoms with van der Waals surface area (Å²) in [5.74, 6) is 0. The minimum atomic E-state index is 0.259. The lowest BCUT2D eigenvalue weighted by atomic mass is 10.0. The molecule has 2 aliphatic heterocycles. The summed E-state index contributed by atoms with van der Waals surface area (Å²) >= 11 is 0. The molecule has 2 nitrogen and oxygen atoms in total. The predicted molar refractivity (Wildman–Crippen MR) is 45.0 cm³/mol. The number of aliphatic imine (C=N–C) groups is 1. The number of hydrogen-bond donors (Lipinski definition) is 0. The van der Waals surface area contributed by atoms with Crippen molar-refractivity contribution in [2.45, 2.75) is 38.5 Å². The predicted octanol–water partition coefficient (Wildman–Crippen LogP) is 1.56. The van der Waals surface area contributed by atoms with Crippen LogP contribution in [0.4, 0.5) is 0 Å². The van der Waals surface area contributed by atoms with Gasteiger partial charge in [-0.3, -0.25) is 4.99 Å². The molecule has 0 amide bonds. The van der Waals surface area contributed by atoms with E-state index in [4.69, 9.17) is 4.74 Å². The van der Waals surface area contributed by atoms with Crippen molar-refractivity contribution in [2.24, 2.45) is 4.99 Å². The molecule has 0 aromatic carbocycles. The zero-order valence-corrected chi connectivity index (χ0v) is 6.95. The van der Waals surface area contributed by atoms with Gasteiger partial charge in [-0.2, -0.15) is 0 Å². The molecule has 0 aromatic heterocycles. The Morgan fingerprint density at radius 2 is 2.45 bits per heavy atom. The first-order valence-electron chi connectivity index (χ1n) is 4.13. The molecule has 2 aliphatic rings. The van der Waals surface area contributed by atoms with E-state index in [1.807, 2.05) is 6.21 Å². The normalized spacial score (nSPS) is 42.0. The fourth-order valence-corrected chi connectivity index (χ4v) is 1.70. The van der Waals surface area contributed by atoms with Crippen LogP contribution in [0.15, 0.2) is 16.6 Å². The van der Waals surface area contributed by atoms with Gasteiger partial charge >= 0.3 is 0 Å². The van der Waals surface area contributed by atoms with Crippen molar-refractivity contribution < 1.29 is 4.74 Å². The molecule has 0 spiro atoms. The average molecular weight is 151 g/mol. The number of allylic oxidation sites excluding steroid dienone is 1. The van der Waals surface area contributed by atoms with Crippen LogP contribution in [0.1, 0.15) is 20.3 Å². The number of dihydropyridines is 1. The first-order valence-corrected chi connectivity index (χ1v) is 4.13. The second kappa shape index (κ2) is 2.45. The molecule has 0 bridgehead atoms. The van der Waals surface area contributed by atoms with E-state index in [2.05, 4.69) is 24.9 Å². The third kappa shape index (κ3) is 1.23. The Labute approximate surface area is 67.0 Å². The van der Waals surface area contributed by atoms with E-state index >= 15 is 0 Å². The summed E-state index contributed by atoms with van der Waals surface area (Å²) in [6.45, 7) is 4.17.